The van der Waals surface area contributed by atoms with Crippen molar-refractivity contribution in [1.82, 2.24) is 10.3 Å². The molecule has 0 fully saturated rings. The number of aromatic nitrogens is 1. The maximum Gasteiger partial charge on any atom is 0.258 e. The van der Waals surface area contributed by atoms with Gasteiger partial charge in [0.25, 0.3) is 5.91 Å². The maximum atomic E-state index is 11.9. The van der Waals surface area contributed by atoms with Crippen molar-refractivity contribution in [3.05, 3.63) is 59.9 Å². The van der Waals surface area contributed by atoms with Crippen molar-refractivity contribution >= 4 is 5.91 Å². The zero-order valence-electron chi connectivity index (χ0n) is 13.1. The molecule has 22 heavy (non-hydrogen) atoms. The summed E-state index contributed by atoms with van der Waals surface area (Å²) in [4.78, 5) is 16.0. The summed E-state index contributed by atoms with van der Waals surface area (Å²) < 4.78 is 5.68. The van der Waals surface area contributed by atoms with Crippen LogP contribution in [0.25, 0.3) is 0 Å². The van der Waals surface area contributed by atoms with Crippen molar-refractivity contribution in [1.29, 1.82) is 0 Å². The van der Waals surface area contributed by atoms with Gasteiger partial charge in [0.05, 0.1) is 12.2 Å². The van der Waals surface area contributed by atoms with E-state index in [4.69, 9.17) is 4.74 Å². The first-order valence-corrected chi connectivity index (χ1v) is 7.59. The summed E-state index contributed by atoms with van der Waals surface area (Å²) in [5, 5.41) is 2.81. The number of ether oxygens (including phenoxy) is 1. The Bertz CT molecular complexity index is 599. The number of para-hydroxylation sites is 1. The van der Waals surface area contributed by atoms with Crippen LogP contribution >= 0.6 is 0 Å². The minimum Gasteiger partial charge on any atom is -0.483 e. The molecule has 0 radical (unpaired) electrons. The van der Waals surface area contributed by atoms with Gasteiger partial charge < -0.3 is 10.1 Å². The first-order chi connectivity index (χ1) is 10.7. The third-order valence-electron chi connectivity index (χ3n) is 3.61. The van der Waals surface area contributed by atoms with Crippen molar-refractivity contribution in [2.45, 2.75) is 32.7 Å². The summed E-state index contributed by atoms with van der Waals surface area (Å²) >= 11 is 0. The quantitative estimate of drug-likeness (QED) is 0.853. The molecular weight excluding hydrogens is 276 g/mol. The van der Waals surface area contributed by atoms with Gasteiger partial charge in [0.1, 0.15) is 5.75 Å². The molecule has 1 amide bonds. The largest absolute Gasteiger partial charge is 0.483 e. The van der Waals surface area contributed by atoms with Crippen LogP contribution in [0.2, 0.25) is 0 Å². The number of nitrogens with zero attached hydrogens (tertiary/aromatic N) is 1. The highest BCUT2D eigenvalue weighted by molar-refractivity contribution is 5.77. The fourth-order valence-corrected chi connectivity index (χ4v) is 2.13. The van der Waals surface area contributed by atoms with Crippen molar-refractivity contribution in [3.8, 4) is 5.75 Å². The van der Waals surface area contributed by atoms with Gasteiger partial charge in [-0.25, -0.2) is 0 Å². The van der Waals surface area contributed by atoms with Gasteiger partial charge in [0.15, 0.2) is 6.61 Å². The van der Waals surface area contributed by atoms with Crippen molar-refractivity contribution in [3.63, 3.8) is 0 Å². The molecule has 0 aliphatic carbocycles. The second kappa shape index (κ2) is 8.17. The number of amides is 1. The van der Waals surface area contributed by atoms with E-state index in [9.17, 15) is 4.79 Å². The number of carbonyl (C=O) groups is 1. The lowest BCUT2D eigenvalue weighted by atomic mass is 9.98. The number of hydrogen-bond acceptors (Lipinski definition) is 3. The van der Waals surface area contributed by atoms with Gasteiger partial charge in [-0.1, -0.05) is 38.1 Å². The zero-order valence-corrected chi connectivity index (χ0v) is 13.1. The van der Waals surface area contributed by atoms with Crippen LogP contribution in [0.3, 0.4) is 0 Å². The van der Waals surface area contributed by atoms with Gasteiger partial charge >= 0.3 is 0 Å². The highest BCUT2D eigenvalue weighted by atomic mass is 16.5. The molecule has 1 N–H and O–H groups in total. The smallest absolute Gasteiger partial charge is 0.258 e. The molecule has 2 aromatic rings. The standard InChI is InChI=1S/C18H22N2O2/c1-3-14(2)16-9-4-5-10-17(16)22-13-18(21)20-12-15-8-6-7-11-19-15/h4-11,14H,3,12-13H2,1-2H3,(H,20,21). The molecule has 4 heteroatoms. The van der Waals surface area contributed by atoms with E-state index in [-0.39, 0.29) is 12.5 Å². The SMILES string of the molecule is CCC(C)c1ccccc1OCC(=O)NCc1ccccn1. The molecule has 1 heterocycles. The summed E-state index contributed by atoms with van der Waals surface area (Å²) in [6.45, 7) is 4.72. The van der Waals surface area contributed by atoms with Gasteiger partial charge in [0.2, 0.25) is 0 Å². The number of nitrogens with one attached hydrogen (secondary N) is 1. The second-order valence-electron chi connectivity index (χ2n) is 5.23. The molecule has 0 saturated heterocycles. The Morgan fingerprint density at radius 1 is 1.23 bits per heavy atom. The van der Waals surface area contributed by atoms with Crippen LogP contribution in [-0.4, -0.2) is 17.5 Å². The first kappa shape index (κ1) is 16.0. The molecule has 116 valence electrons. The molecule has 0 aliphatic heterocycles. The molecule has 1 atom stereocenters. The molecule has 0 saturated carbocycles. The molecule has 0 spiro atoms. The van der Waals surface area contributed by atoms with Crippen LogP contribution in [0.15, 0.2) is 48.7 Å². The van der Waals surface area contributed by atoms with E-state index in [2.05, 4.69) is 30.2 Å². The predicted octanol–water partition coefficient (Wildman–Crippen LogP) is 3.29. The van der Waals surface area contributed by atoms with E-state index in [1.807, 2.05) is 36.4 Å². The van der Waals surface area contributed by atoms with E-state index in [1.54, 1.807) is 6.20 Å². The number of benzene rings is 1. The topological polar surface area (TPSA) is 51.2 Å². The van der Waals surface area contributed by atoms with Crippen molar-refractivity contribution < 1.29 is 9.53 Å². The lowest BCUT2D eigenvalue weighted by Crippen LogP contribution is -2.28. The summed E-state index contributed by atoms with van der Waals surface area (Å²) in [5.41, 5.74) is 1.97. The van der Waals surface area contributed by atoms with E-state index in [0.717, 1.165) is 23.4 Å². The van der Waals surface area contributed by atoms with E-state index >= 15 is 0 Å². The highest BCUT2D eigenvalue weighted by Gasteiger charge is 2.11. The fraction of sp³-hybridized carbons (Fsp3) is 0.333. The van der Waals surface area contributed by atoms with Crippen LogP contribution in [0, 0.1) is 0 Å². The Morgan fingerprint density at radius 2 is 2.00 bits per heavy atom. The normalized spacial score (nSPS) is 11.7. The monoisotopic (exact) mass is 298 g/mol. The third-order valence-corrected chi connectivity index (χ3v) is 3.61. The lowest BCUT2D eigenvalue weighted by Gasteiger charge is -2.15. The third kappa shape index (κ3) is 4.58. The van der Waals surface area contributed by atoms with Gasteiger partial charge in [-0.15, -0.1) is 0 Å². The lowest BCUT2D eigenvalue weighted by molar-refractivity contribution is -0.123. The highest BCUT2D eigenvalue weighted by Crippen LogP contribution is 2.28. The van der Waals surface area contributed by atoms with Gasteiger partial charge in [-0.3, -0.25) is 9.78 Å². The maximum absolute atomic E-state index is 11.9. The van der Waals surface area contributed by atoms with Crippen LogP contribution in [-0.2, 0) is 11.3 Å². The summed E-state index contributed by atoms with van der Waals surface area (Å²) in [5.74, 6) is 1.04. The summed E-state index contributed by atoms with van der Waals surface area (Å²) in [6, 6.07) is 13.5. The minimum atomic E-state index is -0.149. The molecule has 2 rings (SSSR count). The molecule has 1 aromatic heterocycles. The van der Waals surface area contributed by atoms with Crippen LogP contribution in [0.4, 0.5) is 0 Å². The van der Waals surface area contributed by atoms with E-state index in [0.29, 0.717) is 12.5 Å². The fourth-order valence-electron chi connectivity index (χ4n) is 2.13. The molecule has 1 unspecified atom stereocenters. The van der Waals surface area contributed by atoms with E-state index < -0.39 is 0 Å². The van der Waals surface area contributed by atoms with Crippen molar-refractivity contribution in [2.75, 3.05) is 6.61 Å². The van der Waals surface area contributed by atoms with Crippen LogP contribution < -0.4 is 10.1 Å². The molecule has 1 aromatic carbocycles. The molecular formula is C18H22N2O2. The van der Waals surface area contributed by atoms with Gasteiger partial charge in [-0.05, 0) is 36.1 Å². The average molecular weight is 298 g/mol. The molecule has 0 aliphatic rings. The summed E-state index contributed by atoms with van der Waals surface area (Å²) in [7, 11) is 0. The Labute approximate surface area is 131 Å². The Kier molecular flexibility index (Phi) is 5.95. The Hall–Kier alpha value is -2.36. The molecule has 4 nitrogen and oxygen atoms in total. The van der Waals surface area contributed by atoms with Gasteiger partial charge in [-0.2, -0.15) is 0 Å². The Morgan fingerprint density at radius 3 is 2.73 bits per heavy atom. The Balaban J connectivity index is 1.86. The van der Waals surface area contributed by atoms with Crippen molar-refractivity contribution in [2.24, 2.45) is 0 Å². The van der Waals surface area contributed by atoms with E-state index in [1.165, 1.54) is 0 Å². The summed E-state index contributed by atoms with van der Waals surface area (Å²) in [6.07, 6.45) is 2.74. The van der Waals surface area contributed by atoms with Crippen LogP contribution in [0.1, 0.15) is 37.4 Å². The number of carbonyl (C=O) groups excluding carboxylic acids is 1. The second-order valence-corrected chi connectivity index (χ2v) is 5.23. The first-order valence-electron chi connectivity index (χ1n) is 7.59. The number of pyridine rings is 1. The predicted molar refractivity (Wildman–Crippen MR) is 86.7 cm³/mol. The number of rotatable bonds is 7. The minimum absolute atomic E-state index is 0.0142. The van der Waals surface area contributed by atoms with Crippen LogP contribution in [0.5, 0.6) is 5.75 Å². The molecule has 0 bridgehead atoms. The zero-order chi connectivity index (χ0) is 15.8. The van der Waals surface area contributed by atoms with Gasteiger partial charge in [0, 0.05) is 6.20 Å². The average Bonchev–Trinajstić information content (AvgIpc) is 2.58. The number of hydrogen-bond donors (Lipinski definition) is 1.